The van der Waals surface area contributed by atoms with Gasteiger partial charge in [0, 0.05) is 17.0 Å². The molecule has 0 bridgehead atoms. The molecule has 0 aliphatic heterocycles. The minimum absolute atomic E-state index is 0.335. The fourth-order valence-electron chi connectivity index (χ4n) is 2.65. The molecular formula is C18H17FN2O2. The van der Waals surface area contributed by atoms with Crippen LogP contribution < -0.4 is 9.47 Å². The number of methoxy groups -OCH3 is 2. The number of fused-ring (bicyclic) bond motifs is 1. The molecule has 23 heavy (non-hydrogen) atoms. The van der Waals surface area contributed by atoms with Gasteiger partial charge >= 0.3 is 0 Å². The number of allylic oxidation sites excluding steroid dienone is 1. The molecule has 3 rings (SSSR count). The summed E-state index contributed by atoms with van der Waals surface area (Å²) in [6, 6.07) is 10.5. The highest BCUT2D eigenvalue weighted by molar-refractivity contribution is 5.95. The van der Waals surface area contributed by atoms with Gasteiger partial charge in [-0.1, -0.05) is 18.2 Å². The van der Waals surface area contributed by atoms with Crippen LogP contribution in [0.4, 0.5) is 4.39 Å². The lowest BCUT2D eigenvalue weighted by atomic mass is 10.1. The average molecular weight is 312 g/mol. The van der Waals surface area contributed by atoms with Gasteiger partial charge in [-0.15, -0.1) is 6.58 Å². The Morgan fingerprint density at radius 1 is 1.22 bits per heavy atom. The normalized spacial score (nSPS) is 10.7. The van der Waals surface area contributed by atoms with Crippen LogP contribution in [-0.2, 0) is 6.54 Å². The summed E-state index contributed by atoms with van der Waals surface area (Å²) in [5.41, 5.74) is 1.95. The van der Waals surface area contributed by atoms with E-state index in [1.54, 1.807) is 37.1 Å². The van der Waals surface area contributed by atoms with Crippen LogP contribution in [0.15, 0.2) is 49.1 Å². The fraction of sp³-hybridized carbons (Fsp3) is 0.167. The van der Waals surface area contributed by atoms with Gasteiger partial charge < -0.3 is 9.47 Å². The summed E-state index contributed by atoms with van der Waals surface area (Å²) in [7, 11) is 3.19. The zero-order valence-corrected chi connectivity index (χ0v) is 13.0. The van der Waals surface area contributed by atoms with E-state index in [0.717, 1.165) is 16.6 Å². The molecule has 0 fully saturated rings. The summed E-state index contributed by atoms with van der Waals surface area (Å²) >= 11 is 0. The van der Waals surface area contributed by atoms with Crippen molar-refractivity contribution in [2.75, 3.05) is 14.2 Å². The number of ether oxygens (including phenoxy) is 2. The van der Waals surface area contributed by atoms with Gasteiger partial charge in [-0.3, -0.25) is 4.68 Å². The molecule has 0 amide bonds. The van der Waals surface area contributed by atoms with Gasteiger partial charge in [-0.05, 0) is 18.2 Å². The Bertz CT molecular complexity index is 871. The van der Waals surface area contributed by atoms with E-state index in [1.807, 2.05) is 18.2 Å². The zero-order chi connectivity index (χ0) is 16.4. The van der Waals surface area contributed by atoms with Crippen LogP contribution in [-0.4, -0.2) is 24.0 Å². The smallest absolute Gasteiger partial charge is 0.151 e. The Morgan fingerprint density at radius 2 is 2.04 bits per heavy atom. The van der Waals surface area contributed by atoms with E-state index in [4.69, 9.17) is 9.47 Å². The Labute approximate surface area is 133 Å². The van der Waals surface area contributed by atoms with E-state index in [9.17, 15) is 4.39 Å². The first-order chi connectivity index (χ1) is 11.2. The third kappa shape index (κ3) is 2.54. The van der Waals surface area contributed by atoms with Crippen LogP contribution >= 0.6 is 0 Å². The summed E-state index contributed by atoms with van der Waals surface area (Å²) in [4.78, 5) is 0. The molecule has 0 radical (unpaired) electrons. The van der Waals surface area contributed by atoms with Gasteiger partial charge in [0.2, 0.25) is 0 Å². The maximum Gasteiger partial charge on any atom is 0.151 e. The number of nitrogens with zero attached hydrogens (tertiary/aromatic N) is 2. The van der Waals surface area contributed by atoms with Crippen molar-refractivity contribution >= 4 is 10.9 Å². The van der Waals surface area contributed by atoms with Crippen LogP contribution in [0.1, 0.15) is 0 Å². The van der Waals surface area contributed by atoms with Crippen molar-refractivity contribution < 1.29 is 13.9 Å². The first-order valence-corrected chi connectivity index (χ1v) is 7.18. The van der Waals surface area contributed by atoms with E-state index >= 15 is 0 Å². The summed E-state index contributed by atoms with van der Waals surface area (Å²) < 4.78 is 26.5. The molecule has 3 aromatic rings. The van der Waals surface area contributed by atoms with Crippen molar-refractivity contribution in [3.05, 3.63) is 54.9 Å². The van der Waals surface area contributed by atoms with E-state index in [0.29, 0.717) is 23.6 Å². The second-order valence-corrected chi connectivity index (χ2v) is 5.02. The molecule has 0 aliphatic rings. The topological polar surface area (TPSA) is 36.3 Å². The van der Waals surface area contributed by atoms with Gasteiger partial charge in [0.25, 0.3) is 0 Å². The van der Waals surface area contributed by atoms with Gasteiger partial charge in [-0.25, -0.2) is 4.39 Å². The minimum atomic E-state index is -0.348. The van der Waals surface area contributed by atoms with Gasteiger partial charge in [0.15, 0.2) is 5.82 Å². The molecule has 0 unspecified atom stereocenters. The minimum Gasteiger partial charge on any atom is -0.497 e. The van der Waals surface area contributed by atoms with Crippen molar-refractivity contribution in [3.8, 4) is 22.8 Å². The summed E-state index contributed by atoms with van der Waals surface area (Å²) in [5, 5.41) is 5.11. The van der Waals surface area contributed by atoms with Crippen molar-refractivity contribution in [3.63, 3.8) is 0 Å². The lowest BCUT2D eigenvalue weighted by molar-refractivity contribution is 0.395. The molecule has 1 aromatic heterocycles. The molecule has 4 nitrogen and oxygen atoms in total. The molecule has 5 heteroatoms. The molecule has 1 heterocycles. The van der Waals surface area contributed by atoms with Gasteiger partial charge in [0.05, 0.1) is 26.5 Å². The molecule has 0 saturated heterocycles. The van der Waals surface area contributed by atoms with E-state index in [2.05, 4.69) is 11.7 Å². The standard InChI is InChI=1S/C18H17FN2O2/c1-4-10-21-18(14-6-5-7-15(19)17(14)20-21)13-9-8-12(22-2)11-16(13)23-3/h4-9,11H,1,10H2,2-3H3. The third-order valence-electron chi connectivity index (χ3n) is 3.69. The number of hydrogen-bond donors (Lipinski definition) is 0. The molecule has 0 N–H and O–H groups in total. The zero-order valence-electron chi connectivity index (χ0n) is 13.0. The molecule has 0 saturated carbocycles. The fourth-order valence-corrected chi connectivity index (χ4v) is 2.65. The van der Waals surface area contributed by atoms with Crippen molar-refractivity contribution in [1.29, 1.82) is 0 Å². The van der Waals surface area contributed by atoms with Crippen LogP contribution in [0.5, 0.6) is 11.5 Å². The summed E-state index contributed by atoms with van der Waals surface area (Å²) in [6.07, 6.45) is 1.73. The Balaban J connectivity index is 2.32. The van der Waals surface area contributed by atoms with Crippen LogP contribution in [0.3, 0.4) is 0 Å². The van der Waals surface area contributed by atoms with Crippen LogP contribution in [0.2, 0.25) is 0 Å². The molecule has 2 aromatic carbocycles. The monoisotopic (exact) mass is 312 g/mol. The molecule has 0 atom stereocenters. The second kappa shape index (κ2) is 6.12. The third-order valence-corrected chi connectivity index (χ3v) is 3.69. The number of aromatic nitrogens is 2. The Kier molecular flexibility index (Phi) is 4.02. The van der Waals surface area contributed by atoms with E-state index < -0.39 is 0 Å². The maximum absolute atomic E-state index is 14.1. The van der Waals surface area contributed by atoms with Crippen molar-refractivity contribution in [2.45, 2.75) is 6.54 Å². The van der Waals surface area contributed by atoms with Crippen LogP contribution in [0.25, 0.3) is 22.2 Å². The maximum atomic E-state index is 14.1. The van der Waals surface area contributed by atoms with Gasteiger partial charge in [-0.2, -0.15) is 5.10 Å². The predicted octanol–water partition coefficient (Wildman–Crippen LogP) is 4.05. The lowest BCUT2D eigenvalue weighted by Gasteiger charge is -2.12. The Hall–Kier alpha value is -2.82. The van der Waals surface area contributed by atoms with E-state index in [-0.39, 0.29) is 5.82 Å². The second-order valence-electron chi connectivity index (χ2n) is 5.02. The Morgan fingerprint density at radius 3 is 2.74 bits per heavy atom. The lowest BCUT2D eigenvalue weighted by Crippen LogP contribution is -2.01. The number of halogens is 1. The van der Waals surface area contributed by atoms with Crippen molar-refractivity contribution in [1.82, 2.24) is 9.78 Å². The number of rotatable bonds is 5. The number of benzene rings is 2. The molecule has 0 aliphatic carbocycles. The SMILES string of the molecule is C=CCn1nc2c(F)cccc2c1-c1ccc(OC)cc1OC. The molecule has 0 spiro atoms. The highest BCUT2D eigenvalue weighted by Crippen LogP contribution is 2.37. The average Bonchev–Trinajstić information content (AvgIpc) is 2.94. The first kappa shape index (κ1) is 15.1. The largest absolute Gasteiger partial charge is 0.497 e. The van der Waals surface area contributed by atoms with Gasteiger partial charge in [0.1, 0.15) is 17.0 Å². The highest BCUT2D eigenvalue weighted by Gasteiger charge is 2.18. The molecule has 118 valence electrons. The highest BCUT2D eigenvalue weighted by atomic mass is 19.1. The number of hydrogen-bond acceptors (Lipinski definition) is 3. The summed E-state index contributed by atoms with van der Waals surface area (Å²) in [6.45, 7) is 4.22. The predicted molar refractivity (Wildman–Crippen MR) is 88.4 cm³/mol. The summed E-state index contributed by atoms with van der Waals surface area (Å²) in [5.74, 6) is 0.982. The van der Waals surface area contributed by atoms with Crippen LogP contribution in [0, 0.1) is 5.82 Å². The van der Waals surface area contributed by atoms with Crippen molar-refractivity contribution in [2.24, 2.45) is 0 Å². The molecular weight excluding hydrogens is 295 g/mol. The first-order valence-electron chi connectivity index (χ1n) is 7.18. The quantitative estimate of drug-likeness (QED) is 0.667. The van der Waals surface area contributed by atoms with E-state index in [1.165, 1.54) is 6.07 Å².